The summed E-state index contributed by atoms with van der Waals surface area (Å²) in [5.74, 6) is -0.925. The SMILES string of the molecule is Cc1nc(-c2cccc(Br)c2)[nH]c(=O)c1C(=O)O. The molecular formula is C12H9BrN2O3. The van der Waals surface area contributed by atoms with Gasteiger partial charge in [0.15, 0.2) is 0 Å². The summed E-state index contributed by atoms with van der Waals surface area (Å²) in [4.78, 5) is 29.1. The molecule has 0 spiro atoms. The molecule has 2 rings (SSSR count). The van der Waals surface area contributed by atoms with Gasteiger partial charge in [-0.3, -0.25) is 4.79 Å². The van der Waals surface area contributed by atoms with Crippen LogP contribution in [0.4, 0.5) is 0 Å². The highest BCUT2D eigenvalue weighted by molar-refractivity contribution is 9.10. The number of aromatic nitrogens is 2. The molecule has 5 nitrogen and oxygen atoms in total. The predicted molar refractivity (Wildman–Crippen MR) is 69.7 cm³/mol. The van der Waals surface area contributed by atoms with Gasteiger partial charge in [0.25, 0.3) is 5.56 Å². The number of nitrogens with one attached hydrogen (secondary N) is 1. The Balaban J connectivity index is 2.62. The van der Waals surface area contributed by atoms with Crippen molar-refractivity contribution >= 4 is 21.9 Å². The van der Waals surface area contributed by atoms with E-state index in [0.29, 0.717) is 11.4 Å². The Morgan fingerprint density at radius 1 is 1.44 bits per heavy atom. The van der Waals surface area contributed by atoms with E-state index in [1.54, 1.807) is 18.2 Å². The average molecular weight is 309 g/mol. The third kappa shape index (κ3) is 2.33. The number of halogens is 1. The number of rotatable bonds is 2. The van der Waals surface area contributed by atoms with E-state index < -0.39 is 11.5 Å². The molecule has 1 aromatic heterocycles. The van der Waals surface area contributed by atoms with Crippen LogP contribution < -0.4 is 5.56 Å². The highest BCUT2D eigenvalue weighted by atomic mass is 79.9. The summed E-state index contributed by atoms with van der Waals surface area (Å²) in [6.45, 7) is 1.50. The smallest absolute Gasteiger partial charge is 0.343 e. The van der Waals surface area contributed by atoms with E-state index in [2.05, 4.69) is 25.9 Å². The maximum atomic E-state index is 11.7. The number of H-pyrrole nitrogens is 1. The summed E-state index contributed by atoms with van der Waals surface area (Å²) in [7, 11) is 0. The van der Waals surface area contributed by atoms with Crippen molar-refractivity contribution in [2.24, 2.45) is 0 Å². The number of carboxylic acids is 1. The van der Waals surface area contributed by atoms with Crippen molar-refractivity contribution in [1.82, 2.24) is 9.97 Å². The van der Waals surface area contributed by atoms with Crippen LogP contribution in [0.15, 0.2) is 33.5 Å². The topological polar surface area (TPSA) is 83.0 Å². The number of aromatic amines is 1. The van der Waals surface area contributed by atoms with Gasteiger partial charge in [-0.25, -0.2) is 9.78 Å². The molecule has 0 aliphatic heterocycles. The van der Waals surface area contributed by atoms with Gasteiger partial charge in [-0.05, 0) is 19.1 Å². The zero-order valence-electron chi connectivity index (χ0n) is 9.40. The minimum atomic E-state index is -1.28. The van der Waals surface area contributed by atoms with E-state index in [0.717, 1.165) is 4.47 Å². The molecule has 18 heavy (non-hydrogen) atoms. The summed E-state index contributed by atoms with van der Waals surface area (Å²) in [6.07, 6.45) is 0. The monoisotopic (exact) mass is 308 g/mol. The molecule has 0 fully saturated rings. The Kier molecular flexibility index (Phi) is 3.29. The van der Waals surface area contributed by atoms with Crippen LogP contribution in [0.5, 0.6) is 0 Å². The Hall–Kier alpha value is -1.95. The van der Waals surface area contributed by atoms with Gasteiger partial charge in [0, 0.05) is 10.0 Å². The van der Waals surface area contributed by atoms with Crippen molar-refractivity contribution in [3.8, 4) is 11.4 Å². The molecule has 0 aliphatic carbocycles. The second-order valence-electron chi connectivity index (χ2n) is 3.69. The lowest BCUT2D eigenvalue weighted by molar-refractivity contribution is 0.0693. The van der Waals surface area contributed by atoms with Gasteiger partial charge in [0.1, 0.15) is 11.4 Å². The normalized spacial score (nSPS) is 10.3. The van der Waals surface area contributed by atoms with E-state index in [9.17, 15) is 9.59 Å². The Bertz CT molecular complexity index is 679. The number of hydrogen-bond donors (Lipinski definition) is 2. The number of nitrogens with zero attached hydrogens (tertiary/aromatic N) is 1. The van der Waals surface area contributed by atoms with E-state index in [1.807, 2.05) is 6.07 Å². The zero-order valence-corrected chi connectivity index (χ0v) is 11.0. The number of hydrogen-bond acceptors (Lipinski definition) is 3. The van der Waals surface area contributed by atoms with Crippen LogP contribution in [0.25, 0.3) is 11.4 Å². The van der Waals surface area contributed by atoms with Gasteiger partial charge in [-0.1, -0.05) is 28.1 Å². The van der Waals surface area contributed by atoms with Crippen LogP contribution in [0.1, 0.15) is 16.1 Å². The molecule has 0 unspecified atom stereocenters. The largest absolute Gasteiger partial charge is 0.477 e. The number of benzene rings is 1. The zero-order chi connectivity index (χ0) is 13.3. The molecule has 1 heterocycles. The highest BCUT2D eigenvalue weighted by Crippen LogP contribution is 2.19. The van der Waals surface area contributed by atoms with E-state index >= 15 is 0 Å². The summed E-state index contributed by atoms with van der Waals surface area (Å²) >= 11 is 3.32. The summed E-state index contributed by atoms with van der Waals surface area (Å²) in [6, 6.07) is 7.22. The molecule has 0 bridgehead atoms. The molecule has 0 radical (unpaired) electrons. The molecule has 2 aromatic rings. The van der Waals surface area contributed by atoms with E-state index in [1.165, 1.54) is 6.92 Å². The standard InChI is InChI=1S/C12H9BrN2O3/c1-6-9(12(17)18)11(16)15-10(14-6)7-3-2-4-8(13)5-7/h2-5H,1H3,(H,17,18)(H,14,15,16). The van der Waals surface area contributed by atoms with Crippen LogP contribution in [-0.4, -0.2) is 21.0 Å². The van der Waals surface area contributed by atoms with Gasteiger partial charge < -0.3 is 10.1 Å². The van der Waals surface area contributed by atoms with Crippen LogP contribution in [0, 0.1) is 6.92 Å². The molecule has 0 amide bonds. The second-order valence-corrected chi connectivity index (χ2v) is 4.61. The van der Waals surface area contributed by atoms with Crippen LogP contribution in [-0.2, 0) is 0 Å². The Morgan fingerprint density at radius 2 is 2.17 bits per heavy atom. The number of carbonyl (C=O) groups is 1. The maximum absolute atomic E-state index is 11.7. The number of aromatic carboxylic acids is 1. The average Bonchev–Trinajstić information content (AvgIpc) is 2.27. The fourth-order valence-corrected chi connectivity index (χ4v) is 2.01. The van der Waals surface area contributed by atoms with Crippen molar-refractivity contribution in [2.75, 3.05) is 0 Å². The van der Waals surface area contributed by atoms with Crippen LogP contribution in [0.3, 0.4) is 0 Å². The molecule has 0 saturated heterocycles. The summed E-state index contributed by atoms with van der Waals surface area (Å²) in [5.41, 5.74) is -0.0681. The quantitative estimate of drug-likeness (QED) is 0.891. The molecule has 1 aromatic carbocycles. The van der Waals surface area contributed by atoms with E-state index in [-0.39, 0.29) is 11.3 Å². The highest BCUT2D eigenvalue weighted by Gasteiger charge is 2.15. The summed E-state index contributed by atoms with van der Waals surface area (Å²) < 4.78 is 0.850. The first kappa shape index (κ1) is 12.5. The van der Waals surface area contributed by atoms with Crippen molar-refractivity contribution in [3.63, 3.8) is 0 Å². The molecule has 0 atom stereocenters. The Labute approximate surface area is 111 Å². The van der Waals surface area contributed by atoms with Gasteiger partial charge >= 0.3 is 5.97 Å². The van der Waals surface area contributed by atoms with E-state index in [4.69, 9.17) is 5.11 Å². The number of carboxylic acid groups (broad SMARTS) is 1. The minimum Gasteiger partial charge on any atom is -0.477 e. The first-order valence-electron chi connectivity index (χ1n) is 5.09. The molecule has 0 aliphatic rings. The lowest BCUT2D eigenvalue weighted by atomic mass is 10.2. The van der Waals surface area contributed by atoms with Crippen molar-refractivity contribution < 1.29 is 9.90 Å². The molecule has 6 heteroatoms. The fourth-order valence-electron chi connectivity index (χ4n) is 1.61. The second kappa shape index (κ2) is 4.73. The van der Waals surface area contributed by atoms with Crippen molar-refractivity contribution in [2.45, 2.75) is 6.92 Å². The third-order valence-electron chi connectivity index (χ3n) is 2.41. The van der Waals surface area contributed by atoms with Crippen molar-refractivity contribution in [1.29, 1.82) is 0 Å². The van der Waals surface area contributed by atoms with Gasteiger partial charge in [0.2, 0.25) is 0 Å². The fraction of sp³-hybridized carbons (Fsp3) is 0.0833. The maximum Gasteiger partial charge on any atom is 0.343 e. The predicted octanol–water partition coefficient (Wildman–Crippen LogP) is 2.21. The molecule has 2 N–H and O–H groups in total. The van der Waals surface area contributed by atoms with Gasteiger partial charge in [-0.2, -0.15) is 0 Å². The lowest BCUT2D eigenvalue weighted by Gasteiger charge is -2.04. The van der Waals surface area contributed by atoms with Gasteiger partial charge in [0.05, 0.1) is 5.69 Å². The van der Waals surface area contributed by atoms with Crippen LogP contribution >= 0.6 is 15.9 Å². The van der Waals surface area contributed by atoms with Gasteiger partial charge in [-0.15, -0.1) is 0 Å². The molecule has 0 saturated carbocycles. The summed E-state index contributed by atoms with van der Waals surface area (Å²) in [5, 5.41) is 8.88. The Morgan fingerprint density at radius 3 is 2.72 bits per heavy atom. The van der Waals surface area contributed by atoms with Crippen LogP contribution in [0.2, 0.25) is 0 Å². The third-order valence-corrected chi connectivity index (χ3v) is 2.91. The number of aryl methyl sites for hydroxylation is 1. The molecule has 92 valence electrons. The molecular weight excluding hydrogens is 300 g/mol. The first-order chi connectivity index (χ1) is 8.49. The first-order valence-corrected chi connectivity index (χ1v) is 5.88. The van der Waals surface area contributed by atoms with Crippen molar-refractivity contribution in [3.05, 3.63) is 50.3 Å². The minimum absolute atomic E-state index is 0.196. The lowest BCUT2D eigenvalue weighted by Crippen LogP contribution is -2.21.